The van der Waals surface area contributed by atoms with Gasteiger partial charge in [0.1, 0.15) is 0 Å². The number of hydrogen-bond donors (Lipinski definition) is 1. The van der Waals surface area contributed by atoms with Gasteiger partial charge >= 0.3 is 0 Å². The zero-order valence-corrected chi connectivity index (χ0v) is 17.0. The lowest BCUT2D eigenvalue weighted by Gasteiger charge is -2.27. The van der Waals surface area contributed by atoms with Gasteiger partial charge in [-0.25, -0.2) is 0 Å². The van der Waals surface area contributed by atoms with E-state index in [1.807, 2.05) is 11.3 Å². The fourth-order valence-electron chi connectivity index (χ4n) is 4.39. The molecule has 1 atom stereocenters. The summed E-state index contributed by atoms with van der Waals surface area (Å²) >= 11 is 1.82. The maximum Gasteiger partial charge on any atom is 0.0490 e. The van der Waals surface area contributed by atoms with E-state index >= 15 is 0 Å². The van der Waals surface area contributed by atoms with Crippen LogP contribution in [0.2, 0.25) is 0 Å². The third-order valence-corrected chi connectivity index (χ3v) is 6.79. The summed E-state index contributed by atoms with van der Waals surface area (Å²) in [6.45, 7) is 4.22. The van der Waals surface area contributed by atoms with E-state index in [0.29, 0.717) is 6.04 Å². The Bertz CT molecular complexity index is 784. The van der Waals surface area contributed by atoms with E-state index in [1.165, 1.54) is 53.8 Å². The van der Waals surface area contributed by atoms with Gasteiger partial charge in [0.15, 0.2) is 0 Å². The van der Waals surface area contributed by atoms with Crippen molar-refractivity contribution in [2.75, 3.05) is 11.4 Å². The summed E-state index contributed by atoms with van der Waals surface area (Å²) in [6.07, 6.45) is 13.7. The van der Waals surface area contributed by atoms with Crippen LogP contribution in [0, 0.1) is 5.92 Å². The van der Waals surface area contributed by atoms with Crippen molar-refractivity contribution < 1.29 is 0 Å². The molecule has 1 saturated carbocycles. The van der Waals surface area contributed by atoms with Crippen LogP contribution in [0.15, 0.2) is 60.1 Å². The highest BCUT2D eigenvalue weighted by Gasteiger charge is 2.18. The largest absolute Gasteiger partial charge is 0.343 e. The molecule has 2 heterocycles. The van der Waals surface area contributed by atoms with Crippen LogP contribution in [-0.4, -0.2) is 12.6 Å². The molecule has 0 amide bonds. The van der Waals surface area contributed by atoms with Crippen LogP contribution in [0.4, 0.5) is 5.69 Å². The summed E-state index contributed by atoms with van der Waals surface area (Å²) in [5, 5.41) is 5.94. The first-order valence-corrected chi connectivity index (χ1v) is 11.2. The zero-order chi connectivity index (χ0) is 18.5. The summed E-state index contributed by atoms with van der Waals surface area (Å²) in [4.78, 5) is 3.75. The molecule has 1 aromatic heterocycles. The summed E-state index contributed by atoms with van der Waals surface area (Å²) in [5.74, 6) is 0.936. The minimum absolute atomic E-state index is 0.583. The van der Waals surface area contributed by atoms with Crippen molar-refractivity contribution >= 4 is 22.6 Å². The molecule has 0 radical (unpaired) electrons. The zero-order valence-electron chi connectivity index (χ0n) is 16.2. The monoisotopic (exact) mass is 378 g/mol. The Morgan fingerprint density at radius 2 is 2.00 bits per heavy atom. The topological polar surface area (TPSA) is 15.3 Å². The minimum Gasteiger partial charge on any atom is -0.343 e. The average molecular weight is 379 g/mol. The molecule has 0 saturated heterocycles. The molecule has 0 unspecified atom stereocenters. The van der Waals surface area contributed by atoms with E-state index in [9.17, 15) is 0 Å². The maximum absolute atomic E-state index is 3.78. The lowest BCUT2D eigenvalue weighted by Crippen LogP contribution is -2.29. The number of benzene rings is 1. The van der Waals surface area contributed by atoms with E-state index in [2.05, 4.69) is 77.3 Å². The summed E-state index contributed by atoms with van der Waals surface area (Å²) in [6, 6.07) is 13.8. The predicted molar refractivity (Wildman–Crippen MR) is 118 cm³/mol. The van der Waals surface area contributed by atoms with Crippen LogP contribution in [0.5, 0.6) is 0 Å². The molecular weight excluding hydrogens is 348 g/mol. The highest BCUT2D eigenvalue weighted by atomic mass is 32.1. The molecule has 142 valence electrons. The number of anilines is 1. The van der Waals surface area contributed by atoms with Gasteiger partial charge in [0.25, 0.3) is 0 Å². The van der Waals surface area contributed by atoms with Crippen LogP contribution in [0.3, 0.4) is 0 Å². The number of para-hydroxylation sites is 1. The normalized spacial score (nSPS) is 18.7. The molecule has 0 spiro atoms. The Morgan fingerprint density at radius 1 is 1.15 bits per heavy atom. The second-order valence-electron chi connectivity index (χ2n) is 7.94. The van der Waals surface area contributed by atoms with Gasteiger partial charge in [-0.1, -0.05) is 56.0 Å². The molecule has 3 heteroatoms. The molecule has 1 fully saturated rings. The van der Waals surface area contributed by atoms with E-state index in [0.717, 1.165) is 19.0 Å². The number of nitrogens with one attached hydrogen (secondary N) is 1. The van der Waals surface area contributed by atoms with Gasteiger partial charge in [0.05, 0.1) is 0 Å². The SMILES string of the molecule is C[C@@H](CC1CCCC1)NCc1ccccc1N1C=CC=C(c2cccs2)C1. The molecule has 1 aromatic carbocycles. The van der Waals surface area contributed by atoms with Crippen LogP contribution in [0.25, 0.3) is 5.57 Å². The fourth-order valence-corrected chi connectivity index (χ4v) is 5.14. The van der Waals surface area contributed by atoms with Gasteiger partial charge in [-0.2, -0.15) is 0 Å². The van der Waals surface area contributed by atoms with Gasteiger partial charge in [-0.3, -0.25) is 0 Å². The van der Waals surface area contributed by atoms with Crippen molar-refractivity contribution in [3.63, 3.8) is 0 Å². The number of allylic oxidation sites excluding steroid dienone is 2. The highest BCUT2D eigenvalue weighted by Crippen LogP contribution is 2.30. The van der Waals surface area contributed by atoms with Crippen molar-refractivity contribution in [1.29, 1.82) is 0 Å². The molecule has 27 heavy (non-hydrogen) atoms. The second kappa shape index (κ2) is 8.90. The quantitative estimate of drug-likeness (QED) is 0.615. The first-order valence-electron chi connectivity index (χ1n) is 10.3. The first kappa shape index (κ1) is 18.5. The van der Waals surface area contributed by atoms with Gasteiger partial charge in [0.2, 0.25) is 0 Å². The molecule has 2 nitrogen and oxygen atoms in total. The molecule has 1 N–H and O–H groups in total. The average Bonchev–Trinajstić information content (AvgIpc) is 3.41. The summed E-state index contributed by atoms with van der Waals surface area (Å²) in [7, 11) is 0. The Balaban J connectivity index is 1.40. The van der Waals surface area contributed by atoms with Crippen molar-refractivity contribution in [1.82, 2.24) is 5.32 Å². The van der Waals surface area contributed by atoms with E-state index < -0.39 is 0 Å². The Labute approximate surface area is 167 Å². The molecule has 1 aliphatic heterocycles. The van der Waals surface area contributed by atoms with Gasteiger partial charge in [0, 0.05) is 35.9 Å². The third-order valence-electron chi connectivity index (χ3n) is 5.85. The van der Waals surface area contributed by atoms with Gasteiger partial charge in [-0.15, -0.1) is 11.3 Å². The Kier molecular flexibility index (Phi) is 6.10. The van der Waals surface area contributed by atoms with E-state index in [-0.39, 0.29) is 0 Å². The highest BCUT2D eigenvalue weighted by molar-refractivity contribution is 7.11. The summed E-state index contributed by atoms with van der Waals surface area (Å²) in [5.41, 5.74) is 4.09. The fraction of sp³-hybridized carbons (Fsp3) is 0.417. The van der Waals surface area contributed by atoms with Gasteiger partial charge in [-0.05, 0) is 54.0 Å². The van der Waals surface area contributed by atoms with Crippen molar-refractivity contribution in [2.24, 2.45) is 5.92 Å². The minimum atomic E-state index is 0.583. The standard InChI is InChI=1S/C24H30N2S/c1-19(16-20-8-2-3-9-20)25-17-21-10-4-5-12-23(21)26-14-6-11-22(18-26)24-13-7-15-27-24/h4-7,10-15,19-20,25H,2-3,8-9,16-18H2,1H3/t19-/m0/s1. The molecule has 2 aliphatic rings. The molecule has 1 aliphatic carbocycles. The predicted octanol–water partition coefficient (Wildman–Crippen LogP) is 6.22. The lowest BCUT2D eigenvalue weighted by atomic mass is 9.99. The molecule has 0 bridgehead atoms. The Hall–Kier alpha value is -1.84. The number of nitrogens with zero attached hydrogens (tertiary/aromatic N) is 1. The second-order valence-corrected chi connectivity index (χ2v) is 8.88. The first-order chi connectivity index (χ1) is 13.3. The van der Waals surface area contributed by atoms with Crippen LogP contribution < -0.4 is 10.2 Å². The molecule has 2 aromatic rings. The van der Waals surface area contributed by atoms with Crippen LogP contribution in [-0.2, 0) is 6.54 Å². The number of hydrogen-bond acceptors (Lipinski definition) is 3. The maximum atomic E-state index is 3.78. The van der Waals surface area contributed by atoms with E-state index in [4.69, 9.17) is 0 Å². The number of thiophene rings is 1. The molecule has 4 rings (SSSR count). The van der Waals surface area contributed by atoms with Crippen molar-refractivity contribution in [3.8, 4) is 0 Å². The van der Waals surface area contributed by atoms with Crippen LogP contribution >= 0.6 is 11.3 Å². The van der Waals surface area contributed by atoms with Crippen LogP contribution in [0.1, 0.15) is 49.5 Å². The smallest absolute Gasteiger partial charge is 0.0490 e. The van der Waals surface area contributed by atoms with Gasteiger partial charge < -0.3 is 10.2 Å². The van der Waals surface area contributed by atoms with E-state index in [1.54, 1.807) is 0 Å². The number of rotatable bonds is 7. The Morgan fingerprint density at radius 3 is 2.81 bits per heavy atom. The third kappa shape index (κ3) is 4.72. The molecular formula is C24H30N2S. The van der Waals surface area contributed by atoms with Crippen molar-refractivity contribution in [3.05, 3.63) is 70.6 Å². The van der Waals surface area contributed by atoms with Crippen molar-refractivity contribution in [2.45, 2.75) is 51.6 Å². The lowest BCUT2D eigenvalue weighted by molar-refractivity contribution is 0.404. The summed E-state index contributed by atoms with van der Waals surface area (Å²) < 4.78 is 0.